The van der Waals surface area contributed by atoms with Crippen molar-refractivity contribution < 1.29 is 4.79 Å². The molecule has 0 unspecified atom stereocenters. The van der Waals surface area contributed by atoms with Crippen molar-refractivity contribution in [2.45, 2.75) is 26.2 Å². The van der Waals surface area contributed by atoms with Crippen LogP contribution in [0.4, 0.5) is 0 Å². The van der Waals surface area contributed by atoms with E-state index in [1.165, 1.54) is 0 Å². The molecular formula is C9H16N2O2. The minimum Gasteiger partial charge on any atom is -0.343 e. The standard InChI is InChI=1S/C9H16N2O2/c1-8-3-6-11(7-4-8)9(12)2-5-10-13/h8H,2-7H2,1H3. The van der Waals surface area contributed by atoms with Crippen LogP contribution in [0.2, 0.25) is 0 Å². The van der Waals surface area contributed by atoms with E-state index >= 15 is 0 Å². The maximum atomic E-state index is 11.4. The molecule has 0 atom stereocenters. The molecule has 0 aromatic heterocycles. The van der Waals surface area contributed by atoms with Gasteiger partial charge in [0.1, 0.15) is 0 Å². The number of carbonyl (C=O) groups is 1. The molecule has 1 fully saturated rings. The van der Waals surface area contributed by atoms with Crippen molar-refractivity contribution in [2.75, 3.05) is 19.6 Å². The first-order valence-corrected chi connectivity index (χ1v) is 4.81. The minimum atomic E-state index is 0.0755. The summed E-state index contributed by atoms with van der Waals surface area (Å²) in [4.78, 5) is 23.1. The lowest BCUT2D eigenvalue weighted by Gasteiger charge is -2.30. The molecule has 1 rings (SSSR count). The quantitative estimate of drug-likeness (QED) is 0.622. The molecule has 0 N–H and O–H groups in total. The number of likely N-dealkylation sites (tertiary alicyclic amines) is 1. The maximum absolute atomic E-state index is 11.4. The smallest absolute Gasteiger partial charge is 0.224 e. The van der Waals surface area contributed by atoms with Crippen LogP contribution in [0.5, 0.6) is 0 Å². The van der Waals surface area contributed by atoms with E-state index < -0.39 is 0 Å². The number of piperidine rings is 1. The minimum absolute atomic E-state index is 0.0755. The Hall–Kier alpha value is -0.930. The van der Waals surface area contributed by atoms with Crippen LogP contribution < -0.4 is 0 Å². The third-order valence-corrected chi connectivity index (χ3v) is 2.55. The van der Waals surface area contributed by atoms with Crippen molar-refractivity contribution in [1.29, 1.82) is 0 Å². The van der Waals surface area contributed by atoms with Gasteiger partial charge in [0.25, 0.3) is 0 Å². The van der Waals surface area contributed by atoms with Gasteiger partial charge in [-0.05, 0) is 18.8 Å². The third-order valence-electron chi connectivity index (χ3n) is 2.55. The Kier molecular flexibility index (Phi) is 3.86. The van der Waals surface area contributed by atoms with Gasteiger partial charge in [0, 0.05) is 19.5 Å². The van der Waals surface area contributed by atoms with Gasteiger partial charge in [-0.1, -0.05) is 12.1 Å². The molecule has 0 aromatic carbocycles. The van der Waals surface area contributed by atoms with Crippen LogP contribution in [0.25, 0.3) is 0 Å². The summed E-state index contributed by atoms with van der Waals surface area (Å²) < 4.78 is 0. The molecule has 1 saturated heterocycles. The Morgan fingerprint density at radius 2 is 2.08 bits per heavy atom. The number of hydrogen-bond donors (Lipinski definition) is 0. The fraction of sp³-hybridized carbons (Fsp3) is 0.889. The Morgan fingerprint density at radius 1 is 1.46 bits per heavy atom. The average molecular weight is 184 g/mol. The van der Waals surface area contributed by atoms with Gasteiger partial charge in [-0.3, -0.25) is 4.79 Å². The summed E-state index contributed by atoms with van der Waals surface area (Å²) in [5.74, 6) is 0.805. The molecule has 0 radical (unpaired) electrons. The zero-order chi connectivity index (χ0) is 9.68. The molecule has 0 spiro atoms. The van der Waals surface area contributed by atoms with Gasteiger partial charge in [0.05, 0.1) is 6.54 Å². The second kappa shape index (κ2) is 4.94. The number of rotatable bonds is 3. The fourth-order valence-electron chi connectivity index (χ4n) is 1.56. The van der Waals surface area contributed by atoms with Gasteiger partial charge in [-0.2, -0.15) is 4.91 Å². The summed E-state index contributed by atoms with van der Waals surface area (Å²) in [6.07, 6.45) is 2.44. The molecule has 1 heterocycles. The summed E-state index contributed by atoms with van der Waals surface area (Å²) in [7, 11) is 0. The lowest BCUT2D eigenvalue weighted by atomic mass is 9.99. The highest BCUT2D eigenvalue weighted by molar-refractivity contribution is 5.76. The molecule has 4 nitrogen and oxygen atoms in total. The Balaban J connectivity index is 2.27. The SMILES string of the molecule is CC1CCN(C(=O)CCN=O)CC1. The van der Waals surface area contributed by atoms with Crippen molar-refractivity contribution in [3.63, 3.8) is 0 Å². The van der Waals surface area contributed by atoms with Crippen LogP contribution in [0.3, 0.4) is 0 Å². The van der Waals surface area contributed by atoms with E-state index in [0.717, 1.165) is 31.8 Å². The van der Waals surface area contributed by atoms with Crippen LogP contribution >= 0.6 is 0 Å². The Labute approximate surface area is 78.3 Å². The van der Waals surface area contributed by atoms with Crippen molar-refractivity contribution >= 4 is 5.91 Å². The largest absolute Gasteiger partial charge is 0.343 e. The first kappa shape index (κ1) is 10.2. The molecule has 74 valence electrons. The molecule has 13 heavy (non-hydrogen) atoms. The molecule has 0 bridgehead atoms. The number of amides is 1. The number of nitrogens with zero attached hydrogens (tertiary/aromatic N) is 2. The van der Waals surface area contributed by atoms with Crippen molar-refractivity contribution in [3.8, 4) is 0 Å². The number of carbonyl (C=O) groups excluding carboxylic acids is 1. The maximum Gasteiger partial charge on any atom is 0.224 e. The zero-order valence-electron chi connectivity index (χ0n) is 8.03. The molecule has 1 amide bonds. The molecule has 0 saturated carbocycles. The topological polar surface area (TPSA) is 49.7 Å². The highest BCUT2D eigenvalue weighted by atomic mass is 16.3. The molecule has 4 heteroatoms. The van der Waals surface area contributed by atoms with Gasteiger partial charge in [0.2, 0.25) is 5.91 Å². The van der Waals surface area contributed by atoms with Gasteiger partial charge in [-0.25, -0.2) is 0 Å². The fourth-order valence-corrected chi connectivity index (χ4v) is 1.56. The first-order valence-electron chi connectivity index (χ1n) is 4.81. The van der Waals surface area contributed by atoms with E-state index in [9.17, 15) is 9.70 Å². The van der Waals surface area contributed by atoms with Crippen molar-refractivity contribution in [3.05, 3.63) is 4.91 Å². The lowest BCUT2D eigenvalue weighted by Crippen LogP contribution is -2.38. The number of hydrogen-bond acceptors (Lipinski definition) is 3. The third kappa shape index (κ3) is 3.13. The summed E-state index contributed by atoms with van der Waals surface area (Å²) in [5, 5.41) is 2.69. The van der Waals surface area contributed by atoms with Crippen LogP contribution in [-0.2, 0) is 4.79 Å². The second-order valence-corrected chi connectivity index (χ2v) is 3.67. The summed E-state index contributed by atoms with van der Waals surface area (Å²) in [6, 6.07) is 0. The van der Waals surface area contributed by atoms with Crippen LogP contribution in [0, 0.1) is 10.8 Å². The predicted octanol–water partition coefficient (Wildman–Crippen LogP) is 1.40. The predicted molar refractivity (Wildman–Crippen MR) is 50.3 cm³/mol. The molecule has 1 aliphatic heterocycles. The van der Waals surface area contributed by atoms with Crippen LogP contribution in [0.1, 0.15) is 26.2 Å². The summed E-state index contributed by atoms with van der Waals surface area (Å²) >= 11 is 0. The van der Waals surface area contributed by atoms with Crippen molar-refractivity contribution in [2.24, 2.45) is 11.1 Å². The molecule has 0 aromatic rings. The molecule has 0 aliphatic carbocycles. The van der Waals surface area contributed by atoms with Crippen molar-refractivity contribution in [1.82, 2.24) is 4.90 Å². The average Bonchev–Trinajstić information content (AvgIpc) is 2.15. The number of nitroso groups, excluding NO2 is 1. The zero-order valence-corrected chi connectivity index (χ0v) is 8.03. The summed E-state index contributed by atoms with van der Waals surface area (Å²) in [5.41, 5.74) is 0. The van der Waals surface area contributed by atoms with Crippen LogP contribution in [0.15, 0.2) is 5.18 Å². The second-order valence-electron chi connectivity index (χ2n) is 3.67. The van der Waals surface area contributed by atoms with Gasteiger partial charge in [0.15, 0.2) is 0 Å². The first-order chi connectivity index (χ1) is 6.24. The Bertz CT molecular complexity index is 186. The van der Waals surface area contributed by atoms with Gasteiger partial charge >= 0.3 is 0 Å². The van der Waals surface area contributed by atoms with Gasteiger partial charge in [-0.15, -0.1) is 0 Å². The van der Waals surface area contributed by atoms with Gasteiger partial charge < -0.3 is 4.90 Å². The normalized spacial score (nSPS) is 18.7. The van der Waals surface area contributed by atoms with E-state index in [1.54, 1.807) is 0 Å². The van der Waals surface area contributed by atoms with E-state index in [2.05, 4.69) is 12.1 Å². The Morgan fingerprint density at radius 3 is 2.62 bits per heavy atom. The monoisotopic (exact) mass is 184 g/mol. The van der Waals surface area contributed by atoms with E-state index in [-0.39, 0.29) is 18.9 Å². The highest BCUT2D eigenvalue weighted by Crippen LogP contribution is 2.16. The molecule has 1 aliphatic rings. The van der Waals surface area contributed by atoms with E-state index in [1.807, 2.05) is 4.90 Å². The highest BCUT2D eigenvalue weighted by Gasteiger charge is 2.19. The lowest BCUT2D eigenvalue weighted by molar-refractivity contribution is -0.132. The van der Waals surface area contributed by atoms with E-state index in [4.69, 9.17) is 0 Å². The van der Waals surface area contributed by atoms with Crippen LogP contribution in [-0.4, -0.2) is 30.4 Å². The van der Waals surface area contributed by atoms with E-state index in [0.29, 0.717) is 0 Å². The molecular weight excluding hydrogens is 168 g/mol. The summed E-state index contributed by atoms with van der Waals surface area (Å²) in [6.45, 7) is 4.01.